The Labute approximate surface area is 117 Å². The van der Waals surface area contributed by atoms with Gasteiger partial charge in [-0.15, -0.1) is 0 Å². The van der Waals surface area contributed by atoms with Crippen LogP contribution in [0.3, 0.4) is 0 Å². The molecule has 0 radical (unpaired) electrons. The van der Waals surface area contributed by atoms with Crippen molar-refractivity contribution in [2.24, 2.45) is 0 Å². The lowest BCUT2D eigenvalue weighted by molar-refractivity contribution is 0.415. The molecule has 98 valence electrons. The van der Waals surface area contributed by atoms with Gasteiger partial charge in [-0.2, -0.15) is 0 Å². The maximum Gasteiger partial charge on any atom is 0.186 e. The highest BCUT2D eigenvalue weighted by Gasteiger charge is 2.03. The molecule has 0 saturated heterocycles. The third-order valence-electron chi connectivity index (χ3n) is 3.38. The third kappa shape index (κ3) is 2.28. The summed E-state index contributed by atoms with van der Waals surface area (Å²) >= 11 is 0. The van der Waals surface area contributed by atoms with E-state index in [2.05, 4.69) is 0 Å². The summed E-state index contributed by atoms with van der Waals surface area (Å²) in [5.41, 5.74) is 1.62. The Morgan fingerprint density at radius 3 is 2.20 bits per heavy atom. The number of hydrogen-bond donors (Lipinski definition) is 0. The molecule has 2 nitrogen and oxygen atoms in total. The zero-order valence-electron chi connectivity index (χ0n) is 11.2. The van der Waals surface area contributed by atoms with Gasteiger partial charge in [0.15, 0.2) is 5.43 Å². The van der Waals surface area contributed by atoms with E-state index in [9.17, 15) is 4.79 Å². The number of hydrogen-bond acceptors (Lipinski definition) is 2. The van der Waals surface area contributed by atoms with E-state index in [0.29, 0.717) is 5.56 Å². The van der Waals surface area contributed by atoms with Gasteiger partial charge < -0.3 is 4.74 Å². The summed E-state index contributed by atoms with van der Waals surface area (Å²) in [6.45, 7) is 0. The van der Waals surface area contributed by atoms with E-state index in [4.69, 9.17) is 4.74 Å². The minimum absolute atomic E-state index is 0.0198. The molecule has 0 bridgehead atoms. The maximum atomic E-state index is 12.3. The zero-order chi connectivity index (χ0) is 13.9. The molecule has 3 aromatic carbocycles. The van der Waals surface area contributed by atoms with Crippen molar-refractivity contribution in [1.29, 1.82) is 0 Å². The SMILES string of the molecule is COc1ccc(-c2cc3ccccc3ccc2=O)cc1. The predicted octanol–water partition coefficient (Wildman–Crippen LogP) is 3.88. The molecule has 0 atom stereocenters. The molecular formula is C18H14O2. The summed E-state index contributed by atoms with van der Waals surface area (Å²) in [4.78, 5) is 12.3. The summed E-state index contributed by atoms with van der Waals surface area (Å²) in [6.07, 6.45) is 0. The number of ether oxygens (including phenoxy) is 1. The highest BCUT2D eigenvalue weighted by atomic mass is 16.5. The van der Waals surface area contributed by atoms with Gasteiger partial charge in [-0.3, -0.25) is 4.79 Å². The normalized spacial score (nSPS) is 10.4. The van der Waals surface area contributed by atoms with Crippen molar-refractivity contribution < 1.29 is 4.74 Å². The topological polar surface area (TPSA) is 26.3 Å². The fourth-order valence-electron chi connectivity index (χ4n) is 2.27. The second-order valence-corrected chi connectivity index (χ2v) is 4.61. The number of rotatable bonds is 2. The van der Waals surface area contributed by atoms with E-state index in [-0.39, 0.29) is 5.43 Å². The molecule has 2 heteroatoms. The van der Waals surface area contributed by atoms with Gasteiger partial charge in [0.05, 0.1) is 7.11 Å². The first-order valence-corrected chi connectivity index (χ1v) is 6.45. The molecule has 0 heterocycles. The van der Waals surface area contributed by atoms with E-state index in [0.717, 1.165) is 22.1 Å². The minimum Gasteiger partial charge on any atom is -0.497 e. The van der Waals surface area contributed by atoms with E-state index < -0.39 is 0 Å². The maximum absolute atomic E-state index is 12.3. The number of benzene rings is 2. The van der Waals surface area contributed by atoms with Crippen LogP contribution in [0.4, 0.5) is 0 Å². The molecule has 0 spiro atoms. The molecule has 0 amide bonds. The summed E-state index contributed by atoms with van der Waals surface area (Å²) in [5, 5.41) is 2.12. The first-order chi connectivity index (χ1) is 9.78. The van der Waals surface area contributed by atoms with Crippen molar-refractivity contribution >= 4 is 10.8 Å². The lowest BCUT2D eigenvalue weighted by atomic mass is 10.1. The highest BCUT2D eigenvalue weighted by Crippen LogP contribution is 2.22. The molecule has 0 unspecified atom stereocenters. The van der Waals surface area contributed by atoms with Crippen LogP contribution in [0.25, 0.3) is 21.9 Å². The van der Waals surface area contributed by atoms with Crippen LogP contribution in [0.2, 0.25) is 0 Å². The Morgan fingerprint density at radius 1 is 0.800 bits per heavy atom. The number of fused-ring (bicyclic) bond motifs is 1. The van der Waals surface area contributed by atoms with Gasteiger partial charge >= 0.3 is 0 Å². The quantitative estimate of drug-likeness (QED) is 0.700. The van der Waals surface area contributed by atoms with Crippen molar-refractivity contribution in [3.05, 3.63) is 77.0 Å². The first-order valence-electron chi connectivity index (χ1n) is 6.45. The molecule has 0 aliphatic rings. The number of methoxy groups -OCH3 is 1. The van der Waals surface area contributed by atoms with Crippen LogP contribution in [0.5, 0.6) is 5.75 Å². The summed E-state index contributed by atoms with van der Waals surface area (Å²) < 4.78 is 5.15. The fourth-order valence-corrected chi connectivity index (χ4v) is 2.27. The predicted molar refractivity (Wildman–Crippen MR) is 82.2 cm³/mol. The van der Waals surface area contributed by atoms with Crippen LogP contribution in [-0.2, 0) is 0 Å². The molecule has 3 aromatic rings. The van der Waals surface area contributed by atoms with Gasteiger partial charge in [0.2, 0.25) is 0 Å². The van der Waals surface area contributed by atoms with Crippen LogP contribution in [-0.4, -0.2) is 7.11 Å². The van der Waals surface area contributed by atoms with Gasteiger partial charge in [-0.1, -0.05) is 42.5 Å². The van der Waals surface area contributed by atoms with E-state index in [1.54, 1.807) is 13.2 Å². The van der Waals surface area contributed by atoms with Crippen molar-refractivity contribution in [2.45, 2.75) is 0 Å². The Hall–Kier alpha value is -2.61. The Kier molecular flexibility index (Phi) is 3.21. The Morgan fingerprint density at radius 2 is 1.50 bits per heavy atom. The lowest BCUT2D eigenvalue weighted by Gasteiger charge is -2.01. The van der Waals surface area contributed by atoms with Gasteiger partial charge in [0.25, 0.3) is 0 Å². The van der Waals surface area contributed by atoms with Gasteiger partial charge in [-0.05, 0) is 40.6 Å². The molecule has 0 saturated carbocycles. The van der Waals surface area contributed by atoms with Crippen LogP contribution in [0.15, 0.2) is 71.5 Å². The molecule has 0 aromatic heterocycles. The minimum atomic E-state index is 0.0198. The molecule has 0 N–H and O–H groups in total. The second kappa shape index (κ2) is 5.17. The van der Waals surface area contributed by atoms with Crippen LogP contribution in [0.1, 0.15) is 0 Å². The van der Waals surface area contributed by atoms with E-state index in [1.165, 1.54) is 0 Å². The third-order valence-corrected chi connectivity index (χ3v) is 3.38. The largest absolute Gasteiger partial charge is 0.497 e. The summed E-state index contributed by atoms with van der Waals surface area (Å²) in [5.74, 6) is 0.784. The van der Waals surface area contributed by atoms with Gasteiger partial charge in [0, 0.05) is 5.56 Å². The molecule has 0 fully saturated rings. The standard InChI is InChI=1S/C18H14O2/c1-20-16-9-6-14(7-10-16)17-12-15-5-3-2-4-13(15)8-11-18(17)19/h2-12H,1H3. The van der Waals surface area contributed by atoms with Crippen LogP contribution < -0.4 is 10.2 Å². The summed E-state index contributed by atoms with van der Waals surface area (Å²) in [6, 6.07) is 21.0. The average molecular weight is 262 g/mol. The van der Waals surface area contributed by atoms with Crippen molar-refractivity contribution in [2.75, 3.05) is 7.11 Å². The molecule has 20 heavy (non-hydrogen) atoms. The van der Waals surface area contributed by atoms with Crippen LogP contribution >= 0.6 is 0 Å². The fraction of sp³-hybridized carbons (Fsp3) is 0.0556. The molecular weight excluding hydrogens is 248 g/mol. The molecule has 3 rings (SSSR count). The Bertz CT molecular complexity index is 805. The van der Waals surface area contributed by atoms with Crippen LogP contribution in [0, 0.1) is 0 Å². The van der Waals surface area contributed by atoms with E-state index >= 15 is 0 Å². The molecule has 0 aliphatic carbocycles. The zero-order valence-corrected chi connectivity index (χ0v) is 11.2. The molecule has 0 aliphatic heterocycles. The summed E-state index contributed by atoms with van der Waals surface area (Å²) in [7, 11) is 1.63. The van der Waals surface area contributed by atoms with Gasteiger partial charge in [0.1, 0.15) is 5.75 Å². The van der Waals surface area contributed by atoms with Gasteiger partial charge in [-0.25, -0.2) is 0 Å². The highest BCUT2D eigenvalue weighted by molar-refractivity contribution is 5.85. The smallest absolute Gasteiger partial charge is 0.186 e. The van der Waals surface area contributed by atoms with Crippen molar-refractivity contribution in [3.8, 4) is 16.9 Å². The van der Waals surface area contributed by atoms with E-state index in [1.807, 2.05) is 60.7 Å². The monoisotopic (exact) mass is 262 g/mol. The average Bonchev–Trinajstić information content (AvgIpc) is 2.67. The lowest BCUT2D eigenvalue weighted by Crippen LogP contribution is -1.98. The second-order valence-electron chi connectivity index (χ2n) is 4.61. The Balaban J connectivity index is 2.24. The van der Waals surface area contributed by atoms with Crippen molar-refractivity contribution in [3.63, 3.8) is 0 Å². The first kappa shape index (κ1) is 12.4. The van der Waals surface area contributed by atoms with Crippen molar-refractivity contribution in [1.82, 2.24) is 0 Å².